The molecule has 0 radical (unpaired) electrons. The van der Waals surface area contributed by atoms with Gasteiger partial charge >= 0.3 is 5.97 Å². The molecule has 110 valence electrons. The first-order valence-corrected chi connectivity index (χ1v) is 7.32. The number of hydrogen-bond donors (Lipinski definition) is 2. The van der Waals surface area contributed by atoms with Crippen LogP contribution in [-0.2, 0) is 11.2 Å². The van der Waals surface area contributed by atoms with Crippen molar-refractivity contribution >= 4 is 11.7 Å². The van der Waals surface area contributed by atoms with Crippen LogP contribution in [0.15, 0.2) is 24.3 Å². The third kappa shape index (κ3) is 3.12. The normalized spacial score (nSPS) is 17.4. The molecule has 1 aromatic rings. The number of likely N-dealkylation sites (N-methyl/N-ethyl adjacent to an activating group) is 1. The lowest BCUT2D eigenvalue weighted by Gasteiger charge is -2.32. The van der Waals surface area contributed by atoms with Crippen LogP contribution in [-0.4, -0.2) is 36.8 Å². The van der Waals surface area contributed by atoms with Crippen LogP contribution in [0.3, 0.4) is 0 Å². The van der Waals surface area contributed by atoms with Gasteiger partial charge in [-0.1, -0.05) is 18.2 Å². The smallest absolute Gasteiger partial charge is 0.323 e. The molecule has 1 aromatic carbocycles. The number of anilines is 1. The zero-order valence-corrected chi connectivity index (χ0v) is 12.4. The molecule has 1 unspecified atom stereocenters. The average Bonchev–Trinajstić information content (AvgIpc) is 2.47. The Morgan fingerprint density at radius 2 is 2.20 bits per heavy atom. The maximum atomic E-state index is 11.3. The highest BCUT2D eigenvalue weighted by Gasteiger charge is 2.30. The Labute approximate surface area is 120 Å². The van der Waals surface area contributed by atoms with Crippen molar-refractivity contribution in [1.82, 2.24) is 5.32 Å². The number of hydrogen-bond acceptors (Lipinski definition) is 3. The second kappa shape index (κ2) is 6.27. The minimum absolute atomic E-state index is 0.636. The SMILES string of the molecule is CNC(C)(CCCN1CCCc2ccccc21)C(=O)O. The van der Waals surface area contributed by atoms with Crippen molar-refractivity contribution in [3.8, 4) is 0 Å². The Bertz CT molecular complexity index is 475. The van der Waals surface area contributed by atoms with Crippen molar-refractivity contribution in [2.45, 2.75) is 38.1 Å². The van der Waals surface area contributed by atoms with Gasteiger partial charge in [0, 0.05) is 18.8 Å². The van der Waals surface area contributed by atoms with Gasteiger partial charge in [-0.15, -0.1) is 0 Å². The molecule has 4 heteroatoms. The predicted octanol–water partition coefficient (Wildman–Crippen LogP) is 2.28. The van der Waals surface area contributed by atoms with Crippen LogP contribution in [0.4, 0.5) is 5.69 Å². The molecule has 1 heterocycles. The van der Waals surface area contributed by atoms with Crippen LogP contribution in [0.5, 0.6) is 0 Å². The number of benzene rings is 1. The van der Waals surface area contributed by atoms with E-state index in [4.69, 9.17) is 0 Å². The third-order valence-electron chi connectivity index (χ3n) is 4.34. The van der Waals surface area contributed by atoms with E-state index < -0.39 is 11.5 Å². The van der Waals surface area contributed by atoms with Crippen molar-refractivity contribution < 1.29 is 9.90 Å². The molecule has 0 aliphatic carbocycles. The van der Waals surface area contributed by atoms with Gasteiger partial charge in [-0.2, -0.15) is 0 Å². The largest absolute Gasteiger partial charge is 0.480 e. The first kappa shape index (κ1) is 14.9. The Hall–Kier alpha value is -1.55. The lowest BCUT2D eigenvalue weighted by atomic mass is 9.95. The fourth-order valence-corrected chi connectivity index (χ4v) is 2.81. The number of aliphatic carboxylic acids is 1. The zero-order valence-electron chi connectivity index (χ0n) is 12.4. The van der Waals surface area contributed by atoms with E-state index in [1.165, 1.54) is 17.7 Å². The van der Waals surface area contributed by atoms with Crippen molar-refractivity contribution in [2.75, 3.05) is 25.0 Å². The topological polar surface area (TPSA) is 52.6 Å². The summed E-state index contributed by atoms with van der Waals surface area (Å²) in [6.45, 7) is 3.74. The zero-order chi connectivity index (χ0) is 14.6. The molecule has 0 aromatic heterocycles. The van der Waals surface area contributed by atoms with Gasteiger partial charge in [-0.3, -0.25) is 4.79 Å². The van der Waals surface area contributed by atoms with E-state index in [9.17, 15) is 9.90 Å². The van der Waals surface area contributed by atoms with Crippen molar-refractivity contribution in [3.63, 3.8) is 0 Å². The van der Waals surface area contributed by atoms with Crippen LogP contribution in [0.2, 0.25) is 0 Å². The molecule has 0 spiro atoms. The molecule has 2 N–H and O–H groups in total. The summed E-state index contributed by atoms with van der Waals surface area (Å²) >= 11 is 0. The van der Waals surface area contributed by atoms with Gasteiger partial charge in [-0.05, 0) is 51.3 Å². The summed E-state index contributed by atoms with van der Waals surface area (Å²) in [4.78, 5) is 13.6. The van der Waals surface area contributed by atoms with E-state index >= 15 is 0 Å². The van der Waals surface area contributed by atoms with E-state index in [2.05, 4.69) is 34.5 Å². The van der Waals surface area contributed by atoms with Gasteiger partial charge in [0.2, 0.25) is 0 Å². The van der Waals surface area contributed by atoms with Gasteiger partial charge in [0.05, 0.1) is 0 Å². The number of rotatable bonds is 6. The van der Waals surface area contributed by atoms with Crippen LogP contribution in [0.1, 0.15) is 31.7 Å². The molecule has 1 atom stereocenters. The van der Waals surface area contributed by atoms with Gasteiger partial charge in [0.15, 0.2) is 0 Å². The molecule has 20 heavy (non-hydrogen) atoms. The highest BCUT2D eigenvalue weighted by atomic mass is 16.4. The molecular weight excluding hydrogens is 252 g/mol. The summed E-state index contributed by atoms with van der Waals surface area (Å²) in [5.74, 6) is -0.779. The fourth-order valence-electron chi connectivity index (χ4n) is 2.81. The fraction of sp³-hybridized carbons (Fsp3) is 0.562. The predicted molar refractivity (Wildman–Crippen MR) is 81.3 cm³/mol. The van der Waals surface area contributed by atoms with Crippen molar-refractivity contribution in [1.29, 1.82) is 0 Å². The Morgan fingerprint density at radius 3 is 2.90 bits per heavy atom. The van der Waals surface area contributed by atoms with E-state index in [-0.39, 0.29) is 0 Å². The number of nitrogens with zero attached hydrogens (tertiary/aromatic N) is 1. The molecule has 2 rings (SSSR count). The number of para-hydroxylation sites is 1. The summed E-state index contributed by atoms with van der Waals surface area (Å²) in [5.41, 5.74) is 1.91. The number of carboxylic acids is 1. The number of carboxylic acid groups (broad SMARTS) is 1. The van der Waals surface area contributed by atoms with Gasteiger partial charge in [-0.25, -0.2) is 0 Å². The highest BCUT2D eigenvalue weighted by Crippen LogP contribution is 2.27. The highest BCUT2D eigenvalue weighted by molar-refractivity contribution is 5.78. The Balaban J connectivity index is 1.94. The molecule has 4 nitrogen and oxygen atoms in total. The lowest BCUT2D eigenvalue weighted by molar-refractivity contribution is -0.144. The molecule has 0 saturated heterocycles. The maximum Gasteiger partial charge on any atom is 0.323 e. The number of nitrogens with one attached hydrogen (secondary N) is 1. The van der Waals surface area contributed by atoms with E-state index in [1.54, 1.807) is 14.0 Å². The van der Waals surface area contributed by atoms with E-state index in [0.717, 1.165) is 25.9 Å². The third-order valence-corrected chi connectivity index (χ3v) is 4.34. The van der Waals surface area contributed by atoms with E-state index in [0.29, 0.717) is 6.42 Å². The first-order chi connectivity index (χ1) is 9.57. The minimum atomic E-state index is -0.824. The second-order valence-electron chi connectivity index (χ2n) is 5.71. The van der Waals surface area contributed by atoms with Crippen LogP contribution < -0.4 is 10.2 Å². The summed E-state index contributed by atoms with van der Waals surface area (Å²) in [5, 5.41) is 12.2. The molecule has 0 saturated carbocycles. The monoisotopic (exact) mass is 276 g/mol. The van der Waals surface area contributed by atoms with E-state index in [1.807, 2.05) is 0 Å². The Morgan fingerprint density at radius 1 is 1.45 bits per heavy atom. The van der Waals surface area contributed by atoms with Crippen molar-refractivity contribution in [2.24, 2.45) is 0 Å². The molecule has 1 aliphatic heterocycles. The summed E-state index contributed by atoms with van der Waals surface area (Å²) in [6, 6.07) is 8.52. The lowest BCUT2D eigenvalue weighted by Crippen LogP contribution is -2.48. The summed E-state index contributed by atoms with van der Waals surface area (Å²) < 4.78 is 0. The van der Waals surface area contributed by atoms with Gasteiger partial charge in [0.1, 0.15) is 5.54 Å². The van der Waals surface area contributed by atoms with Crippen LogP contribution in [0, 0.1) is 0 Å². The second-order valence-corrected chi connectivity index (χ2v) is 5.71. The number of aryl methyl sites for hydroxylation is 1. The molecular formula is C16H24N2O2. The summed E-state index contributed by atoms with van der Waals surface area (Å²) in [6.07, 6.45) is 3.84. The first-order valence-electron chi connectivity index (χ1n) is 7.32. The van der Waals surface area contributed by atoms with Crippen LogP contribution >= 0.6 is 0 Å². The Kier molecular flexibility index (Phi) is 4.65. The average molecular weight is 276 g/mol. The number of carbonyl (C=O) groups is 1. The van der Waals surface area contributed by atoms with Gasteiger partial charge in [0.25, 0.3) is 0 Å². The standard InChI is InChI=1S/C16H24N2O2/c1-16(17-2,15(19)20)10-6-12-18-11-5-8-13-7-3-4-9-14(13)18/h3-4,7,9,17H,5-6,8,10-12H2,1-2H3,(H,19,20). The molecule has 0 fully saturated rings. The minimum Gasteiger partial charge on any atom is -0.480 e. The van der Waals surface area contributed by atoms with Crippen molar-refractivity contribution in [3.05, 3.63) is 29.8 Å². The quantitative estimate of drug-likeness (QED) is 0.837. The number of fused-ring (bicyclic) bond motifs is 1. The molecule has 0 bridgehead atoms. The molecule has 0 amide bonds. The van der Waals surface area contributed by atoms with Crippen LogP contribution in [0.25, 0.3) is 0 Å². The van der Waals surface area contributed by atoms with Gasteiger partial charge < -0.3 is 15.3 Å². The maximum absolute atomic E-state index is 11.3. The summed E-state index contributed by atoms with van der Waals surface area (Å²) in [7, 11) is 1.71. The molecule has 1 aliphatic rings.